The molecule has 4 atom stereocenters. The summed E-state index contributed by atoms with van der Waals surface area (Å²) in [6.45, 7) is -0.477. The van der Waals surface area contributed by atoms with Crippen molar-refractivity contribution < 1.29 is 36.5 Å². The highest BCUT2D eigenvalue weighted by Crippen LogP contribution is 2.22. The highest BCUT2D eigenvalue weighted by molar-refractivity contribution is 7.80. The zero-order valence-corrected chi connectivity index (χ0v) is 13.7. The second-order valence-electron chi connectivity index (χ2n) is 5.24. The lowest BCUT2D eigenvalue weighted by molar-refractivity contribution is -0.223. The summed E-state index contributed by atoms with van der Waals surface area (Å²) in [6.07, 6.45) is -2.88. The summed E-state index contributed by atoms with van der Waals surface area (Å²) in [7, 11) is -3.28. The van der Waals surface area contributed by atoms with Crippen molar-refractivity contribution in [2.75, 3.05) is 13.7 Å². The fourth-order valence-electron chi connectivity index (χ4n) is 2.39. The van der Waals surface area contributed by atoms with E-state index in [1.165, 1.54) is 7.11 Å². The van der Waals surface area contributed by atoms with Crippen molar-refractivity contribution in [3.63, 3.8) is 0 Å². The largest absolute Gasteiger partial charge is 0.397 e. The van der Waals surface area contributed by atoms with Crippen LogP contribution in [0.3, 0.4) is 0 Å². The van der Waals surface area contributed by atoms with E-state index in [-0.39, 0.29) is 6.42 Å². The van der Waals surface area contributed by atoms with Gasteiger partial charge < -0.3 is 19.9 Å². The van der Waals surface area contributed by atoms with Gasteiger partial charge in [0.1, 0.15) is 6.04 Å². The Morgan fingerprint density at radius 2 is 2.04 bits per heavy atom. The fourth-order valence-corrected chi connectivity index (χ4v) is 2.71. The Morgan fingerprint density at radius 1 is 1.38 bits per heavy atom. The summed E-state index contributed by atoms with van der Waals surface area (Å²) < 4.78 is 44.6. The average molecular weight is 361 g/mol. The van der Waals surface area contributed by atoms with Crippen LogP contribution in [0.1, 0.15) is 16.8 Å². The molecule has 1 aliphatic rings. The van der Waals surface area contributed by atoms with Gasteiger partial charge in [-0.3, -0.25) is 9.35 Å². The minimum atomic E-state index is -4.61. The van der Waals surface area contributed by atoms with Gasteiger partial charge in [-0.15, -0.1) is 0 Å². The van der Waals surface area contributed by atoms with Crippen LogP contribution in [0, 0.1) is 0 Å². The number of carbonyl (C=O) groups excluding carboxylic acids is 1. The molecule has 0 aliphatic carbocycles. The van der Waals surface area contributed by atoms with Gasteiger partial charge in [0.15, 0.2) is 6.29 Å². The van der Waals surface area contributed by atoms with Crippen LogP contribution < -0.4 is 5.32 Å². The van der Waals surface area contributed by atoms with Gasteiger partial charge >= 0.3 is 10.4 Å². The van der Waals surface area contributed by atoms with Crippen molar-refractivity contribution in [2.45, 2.75) is 31.0 Å². The van der Waals surface area contributed by atoms with Crippen molar-refractivity contribution in [3.8, 4) is 0 Å². The molecule has 24 heavy (non-hydrogen) atoms. The maximum atomic E-state index is 12.2. The van der Waals surface area contributed by atoms with Crippen LogP contribution in [0.25, 0.3) is 0 Å². The molecule has 0 radical (unpaired) electrons. The maximum absolute atomic E-state index is 12.2. The molecule has 1 saturated heterocycles. The van der Waals surface area contributed by atoms with Crippen molar-refractivity contribution >= 4 is 16.3 Å². The molecule has 134 valence electrons. The number of rotatable bonds is 6. The van der Waals surface area contributed by atoms with Gasteiger partial charge in [0.05, 0.1) is 18.8 Å². The monoisotopic (exact) mass is 361 g/mol. The Kier molecular flexibility index (Phi) is 6.27. The van der Waals surface area contributed by atoms with Gasteiger partial charge in [0.2, 0.25) is 0 Å². The third-order valence-corrected chi connectivity index (χ3v) is 3.94. The lowest BCUT2D eigenvalue weighted by Crippen LogP contribution is -2.58. The molecule has 1 aromatic carbocycles. The van der Waals surface area contributed by atoms with Gasteiger partial charge in [-0.05, 0) is 12.1 Å². The Bertz CT molecular complexity index is 650. The molecule has 9 nitrogen and oxygen atoms in total. The van der Waals surface area contributed by atoms with Gasteiger partial charge in [-0.25, -0.2) is 4.18 Å². The number of hydrogen-bond donors (Lipinski definition) is 3. The number of ether oxygens (including phenoxy) is 2. The molecule has 2 unspecified atom stereocenters. The molecular formula is C14H19NO8S. The lowest BCUT2D eigenvalue weighted by atomic mass is 10.00. The molecule has 1 fully saturated rings. The quantitative estimate of drug-likeness (QED) is 0.590. The highest BCUT2D eigenvalue weighted by atomic mass is 32.3. The molecule has 3 N–H and O–H groups in total. The fraction of sp³-hybridized carbons (Fsp3) is 0.500. The van der Waals surface area contributed by atoms with Crippen molar-refractivity contribution in [1.29, 1.82) is 0 Å². The molecule has 10 heteroatoms. The van der Waals surface area contributed by atoms with Crippen LogP contribution in [-0.2, 0) is 24.1 Å². The van der Waals surface area contributed by atoms with E-state index in [9.17, 15) is 18.3 Å². The first kappa shape index (κ1) is 18.8. The van der Waals surface area contributed by atoms with Gasteiger partial charge in [-0.2, -0.15) is 8.42 Å². The summed E-state index contributed by atoms with van der Waals surface area (Å²) in [5.41, 5.74) is 0.413. The molecular weight excluding hydrogens is 342 g/mol. The standard InChI is InChI=1S/C14H19NO8S/c1-21-14-12(15-13(17)9-5-3-2-4-6-9)11(16)7-10(23-14)8-22-24(18,19)20/h2-6,10-12,14,16H,7-8H2,1H3,(H,15,17)(H,18,19,20)/t10?,11-,12?,14+/m1/s1. The predicted octanol–water partition coefficient (Wildman–Crippen LogP) is -0.273. The van der Waals surface area contributed by atoms with Crippen LogP contribution in [0.5, 0.6) is 0 Å². The van der Waals surface area contributed by atoms with E-state index in [2.05, 4.69) is 9.50 Å². The van der Waals surface area contributed by atoms with E-state index in [0.29, 0.717) is 5.56 Å². The summed E-state index contributed by atoms with van der Waals surface area (Å²) >= 11 is 0. The first-order chi connectivity index (χ1) is 11.3. The molecule has 0 bridgehead atoms. The number of carbonyl (C=O) groups is 1. The van der Waals surface area contributed by atoms with Crippen LogP contribution in [0.15, 0.2) is 30.3 Å². The molecule has 2 rings (SSSR count). The molecule has 0 saturated carbocycles. The third-order valence-electron chi connectivity index (χ3n) is 3.51. The first-order valence-corrected chi connectivity index (χ1v) is 8.50. The maximum Gasteiger partial charge on any atom is 0.397 e. The number of nitrogens with one attached hydrogen (secondary N) is 1. The Morgan fingerprint density at radius 3 is 2.62 bits per heavy atom. The summed E-state index contributed by atoms with van der Waals surface area (Å²) in [6, 6.07) is 7.59. The van der Waals surface area contributed by atoms with E-state index in [1.807, 2.05) is 0 Å². The average Bonchev–Trinajstić information content (AvgIpc) is 2.55. The van der Waals surface area contributed by atoms with Crippen LogP contribution in [0.4, 0.5) is 0 Å². The van der Waals surface area contributed by atoms with Crippen LogP contribution in [0.2, 0.25) is 0 Å². The number of amides is 1. The van der Waals surface area contributed by atoms with Crippen LogP contribution >= 0.6 is 0 Å². The molecule has 1 heterocycles. The number of aliphatic hydroxyl groups is 1. The van der Waals surface area contributed by atoms with E-state index >= 15 is 0 Å². The zero-order valence-electron chi connectivity index (χ0n) is 12.9. The minimum absolute atomic E-state index is 0.00484. The van der Waals surface area contributed by atoms with Crippen LogP contribution in [-0.4, -0.2) is 62.2 Å². The smallest absolute Gasteiger partial charge is 0.391 e. The van der Waals surface area contributed by atoms with Crippen molar-refractivity contribution in [3.05, 3.63) is 35.9 Å². The second kappa shape index (κ2) is 8.01. The summed E-state index contributed by atoms with van der Waals surface area (Å²) in [4.78, 5) is 12.2. The first-order valence-electron chi connectivity index (χ1n) is 7.14. The zero-order chi connectivity index (χ0) is 17.7. The van der Waals surface area contributed by atoms with Gasteiger partial charge in [-0.1, -0.05) is 18.2 Å². The molecule has 1 aliphatic heterocycles. The van der Waals surface area contributed by atoms with Crippen molar-refractivity contribution in [1.82, 2.24) is 5.32 Å². The topological polar surface area (TPSA) is 131 Å². The van der Waals surface area contributed by atoms with Gasteiger partial charge in [0, 0.05) is 19.1 Å². The molecule has 0 aromatic heterocycles. The lowest BCUT2D eigenvalue weighted by Gasteiger charge is -2.38. The second-order valence-corrected chi connectivity index (χ2v) is 6.33. The molecule has 1 amide bonds. The Hall–Kier alpha value is -1.56. The number of hydrogen-bond acceptors (Lipinski definition) is 7. The van der Waals surface area contributed by atoms with E-state index < -0.39 is 47.5 Å². The Labute approximate surface area is 139 Å². The molecule has 1 aromatic rings. The Balaban J connectivity index is 2.00. The third kappa shape index (κ3) is 5.23. The van der Waals surface area contributed by atoms with Crippen molar-refractivity contribution in [2.24, 2.45) is 0 Å². The number of aliphatic hydroxyl groups excluding tert-OH is 1. The van der Waals surface area contributed by atoms with Gasteiger partial charge in [0.25, 0.3) is 5.91 Å². The predicted molar refractivity (Wildman–Crippen MR) is 81.5 cm³/mol. The minimum Gasteiger partial charge on any atom is -0.391 e. The summed E-state index contributed by atoms with van der Waals surface area (Å²) in [5.74, 6) is -0.405. The summed E-state index contributed by atoms with van der Waals surface area (Å²) in [5, 5.41) is 12.9. The van der Waals surface area contributed by atoms with E-state index in [0.717, 1.165) is 0 Å². The van der Waals surface area contributed by atoms with E-state index in [1.54, 1.807) is 30.3 Å². The SMILES string of the molecule is CO[C@H]1OC(COS(=O)(=O)O)C[C@@H](O)C1NC(=O)c1ccccc1. The number of benzene rings is 1. The highest BCUT2D eigenvalue weighted by Gasteiger charge is 2.39. The number of methoxy groups -OCH3 is 1. The molecule has 0 spiro atoms. The normalized spacial score (nSPS) is 27.6. The van der Waals surface area contributed by atoms with E-state index in [4.69, 9.17) is 14.0 Å².